The van der Waals surface area contributed by atoms with E-state index in [2.05, 4.69) is 36.2 Å². The molecule has 2 aromatic carbocycles. The highest BCUT2D eigenvalue weighted by atomic mass is 19.4. The Bertz CT molecular complexity index is 1510. The molecule has 39 heavy (non-hydrogen) atoms. The Kier molecular flexibility index (Phi) is 8.23. The van der Waals surface area contributed by atoms with Crippen LogP contribution >= 0.6 is 0 Å². The number of nitrogens with zero attached hydrogens (tertiary/aromatic N) is 3. The lowest BCUT2D eigenvalue weighted by molar-refractivity contribution is -0.192. The molecule has 4 aromatic rings. The van der Waals surface area contributed by atoms with Gasteiger partial charge in [0.25, 0.3) is 5.91 Å². The number of alkyl halides is 3. The molecule has 2 heterocycles. The topological polar surface area (TPSA) is 143 Å². The quantitative estimate of drug-likeness (QED) is 0.303. The predicted octanol–water partition coefficient (Wildman–Crippen LogP) is 5.40. The van der Waals surface area contributed by atoms with E-state index in [1.807, 2.05) is 12.1 Å². The molecule has 0 bridgehead atoms. The summed E-state index contributed by atoms with van der Waals surface area (Å²) in [5, 5.41) is 23.3. The summed E-state index contributed by atoms with van der Waals surface area (Å²) in [6.07, 6.45) is -3.50. The summed E-state index contributed by atoms with van der Waals surface area (Å²) in [4.78, 5) is 37.0. The van der Waals surface area contributed by atoms with Gasteiger partial charge in [0.05, 0.1) is 11.8 Å². The zero-order valence-electron chi connectivity index (χ0n) is 20.9. The number of carboxylic acid groups (broad SMARTS) is 2. The molecule has 2 aromatic heterocycles. The van der Waals surface area contributed by atoms with Gasteiger partial charge in [-0.2, -0.15) is 13.2 Å². The second-order valence-corrected chi connectivity index (χ2v) is 9.12. The number of hydrogen-bond donors (Lipinski definition) is 3. The number of aromatic carboxylic acids is 1. The first-order valence-electron chi connectivity index (χ1n) is 11.2. The van der Waals surface area contributed by atoms with Crippen LogP contribution in [0.2, 0.25) is 0 Å². The van der Waals surface area contributed by atoms with Crippen LogP contribution in [0.1, 0.15) is 47.1 Å². The van der Waals surface area contributed by atoms with Crippen LogP contribution in [0.4, 0.5) is 19.0 Å². The van der Waals surface area contributed by atoms with E-state index in [0.717, 1.165) is 5.56 Å². The lowest BCUT2D eigenvalue weighted by Gasteiger charge is -2.18. The van der Waals surface area contributed by atoms with Crippen LogP contribution in [-0.4, -0.2) is 48.8 Å². The van der Waals surface area contributed by atoms with Gasteiger partial charge in [0, 0.05) is 11.6 Å². The van der Waals surface area contributed by atoms with E-state index < -0.39 is 18.1 Å². The van der Waals surface area contributed by atoms with E-state index in [-0.39, 0.29) is 22.8 Å². The number of fused-ring (bicyclic) bond motifs is 1. The first-order valence-corrected chi connectivity index (χ1v) is 11.2. The number of halogens is 3. The highest BCUT2D eigenvalue weighted by molar-refractivity contribution is 6.03. The van der Waals surface area contributed by atoms with Gasteiger partial charge in [-0.15, -0.1) is 5.10 Å². The van der Waals surface area contributed by atoms with Gasteiger partial charge < -0.3 is 20.3 Å². The van der Waals surface area contributed by atoms with Crippen molar-refractivity contribution in [1.29, 1.82) is 0 Å². The molecule has 204 valence electrons. The van der Waals surface area contributed by atoms with Gasteiger partial charge in [0.1, 0.15) is 5.75 Å². The third-order valence-corrected chi connectivity index (χ3v) is 5.10. The Balaban J connectivity index is 0.000000532. The van der Waals surface area contributed by atoms with Gasteiger partial charge in [-0.1, -0.05) is 39.0 Å². The molecule has 0 spiro atoms. The molecule has 10 nitrogen and oxygen atoms in total. The van der Waals surface area contributed by atoms with Crippen molar-refractivity contribution in [2.45, 2.75) is 32.4 Å². The number of anilines is 1. The van der Waals surface area contributed by atoms with Crippen molar-refractivity contribution < 1.29 is 42.5 Å². The number of carbonyl (C=O) groups is 3. The number of benzene rings is 2. The molecule has 0 aliphatic heterocycles. The molecule has 0 unspecified atom stereocenters. The van der Waals surface area contributed by atoms with Crippen LogP contribution in [0.5, 0.6) is 11.6 Å². The Hall–Kier alpha value is -4.94. The van der Waals surface area contributed by atoms with Crippen molar-refractivity contribution in [2.75, 3.05) is 5.32 Å². The molecule has 0 aliphatic rings. The van der Waals surface area contributed by atoms with Crippen molar-refractivity contribution in [3.63, 3.8) is 0 Å². The number of aliphatic carboxylic acids is 1. The molecule has 3 N–H and O–H groups in total. The third kappa shape index (κ3) is 7.77. The first-order chi connectivity index (χ1) is 18.1. The maximum absolute atomic E-state index is 12.6. The fraction of sp³-hybridized carbons (Fsp3) is 0.192. The minimum atomic E-state index is -5.08. The zero-order chi connectivity index (χ0) is 29.0. The van der Waals surface area contributed by atoms with E-state index in [9.17, 15) is 22.8 Å². The number of hydrogen-bond acceptors (Lipinski definition) is 6. The number of carbonyl (C=O) groups excluding carboxylic acids is 1. The number of imidazole rings is 1. The monoisotopic (exact) mass is 544 g/mol. The number of rotatable bonds is 5. The Morgan fingerprint density at radius 2 is 1.56 bits per heavy atom. The van der Waals surface area contributed by atoms with Crippen LogP contribution < -0.4 is 10.1 Å². The van der Waals surface area contributed by atoms with Crippen LogP contribution in [0.3, 0.4) is 0 Å². The molecule has 1 amide bonds. The molecule has 0 fully saturated rings. The van der Waals surface area contributed by atoms with Gasteiger partial charge in [0.15, 0.2) is 11.5 Å². The predicted molar refractivity (Wildman–Crippen MR) is 133 cm³/mol. The molecular formula is C26H23F3N4O6. The maximum Gasteiger partial charge on any atom is 0.490 e. The average molecular weight is 544 g/mol. The largest absolute Gasteiger partial charge is 0.490 e. The number of aromatic nitrogens is 3. The van der Waals surface area contributed by atoms with Gasteiger partial charge in [-0.3, -0.25) is 4.79 Å². The van der Waals surface area contributed by atoms with Crippen molar-refractivity contribution in [3.05, 3.63) is 83.6 Å². The third-order valence-electron chi connectivity index (χ3n) is 5.10. The number of nitrogens with one attached hydrogen (secondary N) is 1. The smallest absolute Gasteiger partial charge is 0.478 e. The highest BCUT2D eigenvalue weighted by Crippen LogP contribution is 2.23. The van der Waals surface area contributed by atoms with E-state index >= 15 is 0 Å². The summed E-state index contributed by atoms with van der Waals surface area (Å²) < 4.78 is 38.9. The van der Waals surface area contributed by atoms with E-state index in [0.29, 0.717) is 22.8 Å². The summed E-state index contributed by atoms with van der Waals surface area (Å²) in [5.41, 5.74) is 2.33. The molecule has 0 aliphatic carbocycles. The molecule has 0 radical (unpaired) electrons. The van der Waals surface area contributed by atoms with Gasteiger partial charge in [-0.25, -0.2) is 19.1 Å². The lowest BCUT2D eigenvalue weighted by atomic mass is 9.87. The summed E-state index contributed by atoms with van der Waals surface area (Å²) >= 11 is 0. The lowest BCUT2D eigenvalue weighted by Crippen LogP contribution is -2.21. The Morgan fingerprint density at radius 3 is 2.13 bits per heavy atom. The minimum Gasteiger partial charge on any atom is -0.478 e. The van der Waals surface area contributed by atoms with Crippen LogP contribution in [0, 0.1) is 0 Å². The van der Waals surface area contributed by atoms with E-state index in [4.69, 9.17) is 19.7 Å². The molecule has 13 heteroatoms. The summed E-state index contributed by atoms with van der Waals surface area (Å²) in [6.45, 7) is 6.35. The second-order valence-electron chi connectivity index (χ2n) is 9.12. The molecular weight excluding hydrogens is 521 g/mol. The Morgan fingerprint density at radius 1 is 0.923 bits per heavy atom. The molecule has 0 atom stereocenters. The SMILES string of the molecule is CC(C)(C)c1ccc(C(=O)Nc2cn3nc(Oc4cccc(C(=O)O)c4)ccc3n2)cc1.O=C(O)C(F)(F)F. The minimum absolute atomic E-state index is 0.0109. The second kappa shape index (κ2) is 11.2. The maximum atomic E-state index is 12.6. The molecule has 0 saturated heterocycles. The number of amides is 1. The van der Waals surface area contributed by atoms with Crippen LogP contribution in [0.25, 0.3) is 5.65 Å². The first kappa shape index (κ1) is 28.6. The fourth-order valence-corrected chi connectivity index (χ4v) is 3.10. The van der Waals surface area contributed by atoms with Gasteiger partial charge >= 0.3 is 18.1 Å². The van der Waals surface area contributed by atoms with Gasteiger partial charge in [0.2, 0.25) is 5.88 Å². The van der Waals surface area contributed by atoms with E-state index in [1.165, 1.54) is 16.6 Å². The van der Waals surface area contributed by atoms with Crippen LogP contribution in [-0.2, 0) is 10.2 Å². The number of carboxylic acids is 2. The number of ether oxygens (including phenoxy) is 1. The average Bonchev–Trinajstić information content (AvgIpc) is 3.25. The summed E-state index contributed by atoms with van der Waals surface area (Å²) in [7, 11) is 0. The van der Waals surface area contributed by atoms with Crippen molar-refractivity contribution >= 4 is 29.3 Å². The zero-order valence-corrected chi connectivity index (χ0v) is 20.9. The van der Waals surface area contributed by atoms with Crippen LogP contribution in [0.15, 0.2) is 66.9 Å². The van der Waals surface area contributed by atoms with Gasteiger partial charge in [-0.05, 0) is 47.4 Å². The highest BCUT2D eigenvalue weighted by Gasteiger charge is 2.38. The van der Waals surface area contributed by atoms with Crippen molar-refractivity contribution in [1.82, 2.24) is 14.6 Å². The van der Waals surface area contributed by atoms with Crippen molar-refractivity contribution in [3.8, 4) is 11.6 Å². The summed E-state index contributed by atoms with van der Waals surface area (Å²) in [5.74, 6) is -3.10. The fourth-order valence-electron chi connectivity index (χ4n) is 3.10. The molecule has 0 saturated carbocycles. The standard InChI is InChI=1S/C24H22N4O4.C2HF3O2/c1-24(2,3)17-9-7-15(8-10-17)22(29)26-19-14-28-20(25-19)11-12-21(27-28)32-18-6-4-5-16(13-18)23(30)31;3-2(4,5)1(6)7/h4-14H,1-3H3,(H,26,29)(H,30,31);(H,6,7). The van der Waals surface area contributed by atoms with Crippen molar-refractivity contribution in [2.24, 2.45) is 0 Å². The summed E-state index contributed by atoms with van der Waals surface area (Å²) in [6, 6.07) is 16.9. The van der Waals surface area contributed by atoms with E-state index in [1.54, 1.807) is 42.6 Å². The molecule has 4 rings (SSSR count). The Labute approximate surface area is 219 Å². The normalized spacial score (nSPS) is 11.3.